The molecule has 0 radical (unpaired) electrons. The molecule has 9 nitrogen and oxygen atoms in total. The van der Waals surface area contributed by atoms with Crippen molar-refractivity contribution < 1.29 is 19.5 Å². The number of aliphatic hydroxyl groups excluding tert-OH is 1. The highest BCUT2D eigenvalue weighted by atomic mass is 32.1. The average Bonchev–Trinajstić information content (AvgIpc) is 2.96. The van der Waals surface area contributed by atoms with Crippen LogP contribution in [0.15, 0.2) is 10.5 Å². The van der Waals surface area contributed by atoms with Gasteiger partial charge in [0.2, 0.25) is 5.91 Å². The molecule has 1 heterocycles. The fraction of sp³-hybridized carbons (Fsp3) is 0.538. The van der Waals surface area contributed by atoms with E-state index in [1.807, 2.05) is 6.92 Å². The summed E-state index contributed by atoms with van der Waals surface area (Å²) in [5, 5.41) is 19.8. The maximum atomic E-state index is 12.3. The summed E-state index contributed by atoms with van der Waals surface area (Å²) in [6, 6.07) is -1.09. The van der Waals surface area contributed by atoms with E-state index in [0.717, 1.165) is 24.2 Å². The van der Waals surface area contributed by atoms with E-state index in [-0.39, 0.29) is 16.5 Å². The summed E-state index contributed by atoms with van der Waals surface area (Å²) < 4.78 is 0. The van der Waals surface area contributed by atoms with E-state index in [2.05, 4.69) is 25.6 Å². The molecule has 1 atom stereocenters. The molecule has 0 aliphatic heterocycles. The number of nitrogens with one attached hydrogen (secondary N) is 2. The van der Waals surface area contributed by atoms with E-state index in [1.54, 1.807) is 5.38 Å². The second kappa shape index (κ2) is 9.74. The minimum Gasteiger partial charge on any atom is -0.398 e. The zero-order valence-corrected chi connectivity index (χ0v) is 13.9. The maximum absolute atomic E-state index is 12.3. The lowest BCUT2D eigenvalue weighted by molar-refractivity contribution is -0.127. The molecule has 0 saturated carbocycles. The number of aromatic nitrogens is 1. The number of thiazole rings is 1. The van der Waals surface area contributed by atoms with Crippen molar-refractivity contribution in [3.8, 4) is 0 Å². The number of anilines is 1. The van der Waals surface area contributed by atoms with Crippen LogP contribution in [0.25, 0.3) is 0 Å². The van der Waals surface area contributed by atoms with Crippen LogP contribution >= 0.6 is 11.3 Å². The molecule has 128 valence electrons. The fourth-order valence-corrected chi connectivity index (χ4v) is 2.17. The van der Waals surface area contributed by atoms with Gasteiger partial charge in [-0.05, 0) is 6.42 Å². The molecule has 0 aliphatic carbocycles. The molecule has 0 fully saturated rings. The Morgan fingerprint density at radius 1 is 1.57 bits per heavy atom. The van der Waals surface area contributed by atoms with Gasteiger partial charge in [-0.2, -0.15) is 0 Å². The number of carbonyl (C=O) groups is 2. The van der Waals surface area contributed by atoms with Gasteiger partial charge in [-0.3, -0.25) is 9.59 Å². The first kappa shape index (κ1) is 18.8. The predicted molar refractivity (Wildman–Crippen MR) is 87.0 cm³/mol. The molecular weight excluding hydrogens is 322 g/mol. The quantitative estimate of drug-likeness (QED) is 0.270. The van der Waals surface area contributed by atoms with Crippen LogP contribution in [0.1, 0.15) is 25.5 Å². The van der Waals surface area contributed by atoms with E-state index in [1.165, 1.54) is 7.11 Å². The summed E-state index contributed by atoms with van der Waals surface area (Å²) in [4.78, 5) is 32.8. The van der Waals surface area contributed by atoms with Gasteiger partial charge in [0.15, 0.2) is 10.8 Å². The van der Waals surface area contributed by atoms with Crippen LogP contribution < -0.4 is 16.4 Å². The molecule has 5 N–H and O–H groups in total. The smallest absolute Gasteiger partial charge is 0.276 e. The lowest BCUT2D eigenvalue weighted by Gasteiger charge is -2.16. The maximum Gasteiger partial charge on any atom is 0.276 e. The van der Waals surface area contributed by atoms with Crippen molar-refractivity contribution in [1.29, 1.82) is 0 Å². The first-order valence-electron chi connectivity index (χ1n) is 7.05. The van der Waals surface area contributed by atoms with E-state index in [4.69, 9.17) is 5.73 Å². The van der Waals surface area contributed by atoms with Crippen LogP contribution in [0.2, 0.25) is 0 Å². The zero-order chi connectivity index (χ0) is 17.2. The average molecular weight is 343 g/mol. The Balaban J connectivity index is 2.76. The zero-order valence-electron chi connectivity index (χ0n) is 13.0. The van der Waals surface area contributed by atoms with Gasteiger partial charge >= 0.3 is 0 Å². The number of aliphatic hydroxyl groups is 1. The largest absolute Gasteiger partial charge is 0.398 e. The van der Waals surface area contributed by atoms with Gasteiger partial charge in [0.1, 0.15) is 18.8 Å². The van der Waals surface area contributed by atoms with Crippen molar-refractivity contribution in [2.45, 2.75) is 25.8 Å². The number of hydrogen-bond acceptors (Lipinski definition) is 8. The van der Waals surface area contributed by atoms with Crippen LogP contribution in [0, 0.1) is 0 Å². The highest BCUT2D eigenvalue weighted by Crippen LogP contribution is 2.12. The Morgan fingerprint density at radius 2 is 2.30 bits per heavy atom. The van der Waals surface area contributed by atoms with Gasteiger partial charge < -0.3 is 26.3 Å². The standard InChI is InChI=1S/C13H21N5O4S/c1-3-4-5-15-11(20)8(6-19)16-12(21)10(18-22-2)9-7-23-13(14)17-9/h7-8,19H,3-6H2,1-2H3,(H2,14,17)(H,15,20)(H,16,21)/b18-10-/t8-/m0/s1. The summed E-state index contributed by atoms with van der Waals surface area (Å²) in [6.07, 6.45) is 1.73. The lowest BCUT2D eigenvalue weighted by Crippen LogP contribution is -2.51. The first-order valence-corrected chi connectivity index (χ1v) is 7.93. The molecule has 23 heavy (non-hydrogen) atoms. The minimum atomic E-state index is -1.09. The molecule has 1 aromatic rings. The normalized spacial score (nSPS) is 12.6. The fourth-order valence-electron chi connectivity index (χ4n) is 1.62. The second-order valence-corrected chi connectivity index (χ2v) is 5.44. The molecule has 1 aromatic heterocycles. The summed E-state index contributed by atoms with van der Waals surface area (Å²) in [7, 11) is 1.28. The van der Waals surface area contributed by atoms with Gasteiger partial charge in [-0.25, -0.2) is 4.98 Å². The van der Waals surface area contributed by atoms with E-state index in [0.29, 0.717) is 6.54 Å². The summed E-state index contributed by atoms with van der Waals surface area (Å²) in [5.41, 5.74) is 5.64. The number of hydrogen-bond donors (Lipinski definition) is 4. The molecule has 10 heteroatoms. The van der Waals surface area contributed by atoms with Crippen LogP contribution in [-0.4, -0.2) is 53.9 Å². The van der Waals surface area contributed by atoms with Gasteiger partial charge in [0.05, 0.1) is 6.61 Å². The molecule has 0 saturated heterocycles. The third-order valence-corrected chi connectivity index (χ3v) is 3.47. The Hall–Kier alpha value is -2.20. The van der Waals surface area contributed by atoms with Gasteiger partial charge in [-0.1, -0.05) is 18.5 Å². The Morgan fingerprint density at radius 3 is 2.83 bits per heavy atom. The molecule has 1 rings (SSSR count). The number of rotatable bonds is 9. The minimum absolute atomic E-state index is 0.125. The Kier molecular flexibility index (Phi) is 7.98. The molecule has 0 aromatic carbocycles. The van der Waals surface area contributed by atoms with E-state index in [9.17, 15) is 14.7 Å². The summed E-state index contributed by atoms with van der Waals surface area (Å²) >= 11 is 1.14. The number of unbranched alkanes of at least 4 members (excludes halogenated alkanes) is 1. The van der Waals surface area contributed by atoms with Gasteiger partial charge in [-0.15, -0.1) is 11.3 Å². The van der Waals surface area contributed by atoms with Crippen molar-refractivity contribution >= 4 is 34.0 Å². The van der Waals surface area contributed by atoms with Crippen molar-refractivity contribution in [2.75, 3.05) is 26.0 Å². The van der Waals surface area contributed by atoms with Crippen molar-refractivity contribution in [2.24, 2.45) is 5.16 Å². The number of nitrogen functional groups attached to an aromatic ring is 1. The third-order valence-electron chi connectivity index (χ3n) is 2.80. The molecule has 0 aliphatic rings. The molecule has 2 amide bonds. The lowest BCUT2D eigenvalue weighted by atomic mass is 10.2. The first-order chi connectivity index (χ1) is 11.0. The molecule has 0 spiro atoms. The van der Waals surface area contributed by atoms with E-state index < -0.39 is 24.5 Å². The third kappa shape index (κ3) is 5.83. The molecular formula is C13H21N5O4S. The Labute approximate surface area is 137 Å². The van der Waals surface area contributed by atoms with Crippen LogP contribution in [0.3, 0.4) is 0 Å². The topological polar surface area (TPSA) is 139 Å². The van der Waals surface area contributed by atoms with Crippen LogP contribution in [0.4, 0.5) is 5.13 Å². The van der Waals surface area contributed by atoms with Gasteiger partial charge in [0, 0.05) is 11.9 Å². The summed E-state index contributed by atoms with van der Waals surface area (Å²) in [5.74, 6) is -1.16. The van der Waals surface area contributed by atoms with E-state index >= 15 is 0 Å². The number of oxime groups is 1. The predicted octanol–water partition coefficient (Wildman–Crippen LogP) is -0.531. The molecule has 0 bridgehead atoms. The van der Waals surface area contributed by atoms with Gasteiger partial charge in [0.25, 0.3) is 5.91 Å². The van der Waals surface area contributed by atoms with Crippen molar-refractivity contribution in [3.05, 3.63) is 11.1 Å². The van der Waals surface area contributed by atoms with Crippen LogP contribution in [0.5, 0.6) is 0 Å². The number of carbonyl (C=O) groups excluding carboxylic acids is 2. The highest BCUT2D eigenvalue weighted by molar-refractivity contribution is 7.13. The molecule has 0 unspecified atom stereocenters. The van der Waals surface area contributed by atoms with Crippen molar-refractivity contribution in [1.82, 2.24) is 15.6 Å². The second-order valence-electron chi connectivity index (χ2n) is 4.55. The number of nitrogens with two attached hydrogens (primary N) is 1. The monoisotopic (exact) mass is 343 g/mol. The van der Waals surface area contributed by atoms with Crippen molar-refractivity contribution in [3.63, 3.8) is 0 Å². The number of amides is 2. The summed E-state index contributed by atoms with van der Waals surface area (Å²) in [6.45, 7) is 1.93. The SMILES string of the molecule is CCCCNC(=O)[C@H](CO)NC(=O)/C(=N\OC)c1csc(N)n1. The highest BCUT2D eigenvalue weighted by Gasteiger charge is 2.25. The number of nitrogens with zero attached hydrogens (tertiary/aromatic N) is 2. The Bertz CT molecular complexity index is 560. The van der Waals surface area contributed by atoms with Crippen LogP contribution in [-0.2, 0) is 14.4 Å².